The van der Waals surface area contributed by atoms with E-state index < -0.39 is 0 Å². The van der Waals surface area contributed by atoms with Gasteiger partial charge >= 0.3 is 0 Å². The number of rotatable bonds is 3. The molecule has 1 heterocycles. The molecule has 1 aromatic carbocycles. The Morgan fingerprint density at radius 2 is 1.81 bits per heavy atom. The van der Waals surface area contributed by atoms with Crippen LogP contribution in [0.5, 0.6) is 0 Å². The Bertz CT molecular complexity index is 632. The molecule has 110 valence electrons. The van der Waals surface area contributed by atoms with Crippen molar-refractivity contribution in [2.24, 2.45) is 5.10 Å². The highest BCUT2D eigenvalue weighted by atomic mass is 16.3. The third-order valence-electron chi connectivity index (χ3n) is 3.22. The standard InChI is InChI=1S/C17H20N2O2/c1-12(15-6-5-11-21-15)18-19-16(20)13-7-9-14(10-8-13)17(2,3)4/h5-11H,1-4H3,(H,19,20)/b18-12+. The number of hydrogen-bond acceptors (Lipinski definition) is 3. The van der Waals surface area contributed by atoms with E-state index in [0.29, 0.717) is 17.0 Å². The normalized spacial score (nSPS) is 12.3. The van der Waals surface area contributed by atoms with Crippen molar-refractivity contribution < 1.29 is 9.21 Å². The third kappa shape index (κ3) is 3.81. The molecule has 0 unspecified atom stereocenters. The minimum Gasteiger partial charge on any atom is -0.463 e. The van der Waals surface area contributed by atoms with Crippen LogP contribution >= 0.6 is 0 Å². The number of hydrogen-bond donors (Lipinski definition) is 1. The number of furan rings is 1. The van der Waals surface area contributed by atoms with E-state index >= 15 is 0 Å². The number of nitrogens with zero attached hydrogens (tertiary/aromatic N) is 1. The topological polar surface area (TPSA) is 54.6 Å². The number of carbonyl (C=O) groups excluding carboxylic acids is 1. The summed E-state index contributed by atoms with van der Waals surface area (Å²) in [5.41, 5.74) is 5.00. The fourth-order valence-corrected chi connectivity index (χ4v) is 1.86. The molecule has 0 spiro atoms. The Morgan fingerprint density at radius 1 is 1.14 bits per heavy atom. The highest BCUT2D eigenvalue weighted by Crippen LogP contribution is 2.22. The summed E-state index contributed by atoms with van der Waals surface area (Å²) in [6, 6.07) is 11.1. The lowest BCUT2D eigenvalue weighted by Gasteiger charge is -2.18. The van der Waals surface area contributed by atoms with Gasteiger partial charge in [-0.25, -0.2) is 5.43 Å². The van der Waals surface area contributed by atoms with E-state index in [0.717, 1.165) is 0 Å². The van der Waals surface area contributed by atoms with Crippen LogP contribution in [0, 0.1) is 0 Å². The van der Waals surface area contributed by atoms with Crippen LogP contribution in [0.4, 0.5) is 0 Å². The quantitative estimate of drug-likeness (QED) is 0.689. The zero-order valence-electron chi connectivity index (χ0n) is 12.8. The molecule has 1 aromatic heterocycles. The molecule has 0 fully saturated rings. The van der Waals surface area contributed by atoms with E-state index in [1.807, 2.05) is 24.3 Å². The summed E-state index contributed by atoms with van der Waals surface area (Å²) in [6.07, 6.45) is 1.57. The Labute approximate surface area is 124 Å². The molecule has 0 aliphatic heterocycles. The highest BCUT2D eigenvalue weighted by molar-refractivity contribution is 5.99. The van der Waals surface area contributed by atoms with Crippen molar-refractivity contribution in [2.45, 2.75) is 33.1 Å². The Kier molecular flexibility index (Phi) is 4.26. The van der Waals surface area contributed by atoms with Gasteiger partial charge in [0.25, 0.3) is 5.91 Å². The maximum Gasteiger partial charge on any atom is 0.271 e. The van der Waals surface area contributed by atoms with Crippen LogP contribution in [0.3, 0.4) is 0 Å². The molecule has 0 bridgehead atoms. The van der Waals surface area contributed by atoms with E-state index in [1.54, 1.807) is 25.3 Å². The number of benzene rings is 1. The molecule has 0 atom stereocenters. The minimum absolute atomic E-state index is 0.0725. The van der Waals surface area contributed by atoms with Gasteiger partial charge in [0, 0.05) is 5.56 Å². The van der Waals surface area contributed by atoms with Crippen LogP contribution in [-0.4, -0.2) is 11.6 Å². The van der Waals surface area contributed by atoms with Gasteiger partial charge in [0.05, 0.1) is 6.26 Å². The summed E-state index contributed by atoms with van der Waals surface area (Å²) in [7, 11) is 0. The number of carbonyl (C=O) groups is 1. The molecule has 0 saturated carbocycles. The predicted molar refractivity (Wildman–Crippen MR) is 83.5 cm³/mol. The van der Waals surface area contributed by atoms with Gasteiger partial charge < -0.3 is 4.42 Å². The average molecular weight is 284 g/mol. The van der Waals surface area contributed by atoms with Gasteiger partial charge in [-0.1, -0.05) is 32.9 Å². The fraction of sp³-hybridized carbons (Fsp3) is 0.294. The van der Waals surface area contributed by atoms with Crippen molar-refractivity contribution in [2.75, 3.05) is 0 Å². The fourth-order valence-electron chi connectivity index (χ4n) is 1.86. The molecule has 2 aromatic rings. The average Bonchev–Trinajstić information content (AvgIpc) is 2.98. The van der Waals surface area contributed by atoms with Crippen molar-refractivity contribution in [3.8, 4) is 0 Å². The summed E-state index contributed by atoms with van der Waals surface area (Å²) in [6.45, 7) is 8.19. The van der Waals surface area contributed by atoms with Crippen molar-refractivity contribution in [1.29, 1.82) is 0 Å². The lowest BCUT2D eigenvalue weighted by atomic mass is 9.87. The maximum absolute atomic E-state index is 12.0. The lowest BCUT2D eigenvalue weighted by molar-refractivity contribution is 0.0954. The molecule has 1 N–H and O–H groups in total. The molecule has 0 aliphatic carbocycles. The van der Waals surface area contributed by atoms with Gasteiger partial charge in [-0.2, -0.15) is 5.10 Å². The first-order valence-corrected chi connectivity index (χ1v) is 6.87. The molecule has 4 nitrogen and oxygen atoms in total. The summed E-state index contributed by atoms with van der Waals surface area (Å²) in [5, 5.41) is 4.04. The number of nitrogens with one attached hydrogen (secondary N) is 1. The second-order valence-electron chi connectivity index (χ2n) is 5.94. The van der Waals surface area contributed by atoms with Crippen molar-refractivity contribution in [3.63, 3.8) is 0 Å². The third-order valence-corrected chi connectivity index (χ3v) is 3.22. The van der Waals surface area contributed by atoms with Gasteiger partial charge in [0.15, 0.2) is 0 Å². The largest absolute Gasteiger partial charge is 0.463 e. The molecule has 21 heavy (non-hydrogen) atoms. The first kappa shape index (κ1) is 15.0. The van der Waals surface area contributed by atoms with Gasteiger partial charge in [-0.05, 0) is 42.2 Å². The van der Waals surface area contributed by atoms with Crippen LogP contribution < -0.4 is 5.43 Å². The van der Waals surface area contributed by atoms with Gasteiger partial charge in [-0.15, -0.1) is 0 Å². The first-order valence-electron chi connectivity index (χ1n) is 6.87. The summed E-state index contributed by atoms with van der Waals surface area (Å²) in [4.78, 5) is 12.0. The van der Waals surface area contributed by atoms with E-state index in [9.17, 15) is 4.79 Å². The molecular formula is C17H20N2O2. The lowest BCUT2D eigenvalue weighted by Crippen LogP contribution is -2.19. The van der Waals surface area contributed by atoms with Crippen molar-refractivity contribution in [3.05, 3.63) is 59.5 Å². The number of amides is 1. The second kappa shape index (κ2) is 5.95. The second-order valence-corrected chi connectivity index (χ2v) is 5.94. The van der Waals surface area contributed by atoms with Crippen LogP contribution in [-0.2, 0) is 5.41 Å². The Hall–Kier alpha value is -2.36. The number of hydrazone groups is 1. The Balaban J connectivity index is 2.06. The molecule has 0 radical (unpaired) electrons. The zero-order valence-corrected chi connectivity index (χ0v) is 12.8. The van der Waals surface area contributed by atoms with Crippen LogP contribution in [0.2, 0.25) is 0 Å². The molecular weight excluding hydrogens is 264 g/mol. The van der Waals surface area contributed by atoms with Gasteiger partial charge in [-0.3, -0.25) is 4.79 Å². The predicted octanol–water partition coefficient (Wildman–Crippen LogP) is 3.73. The molecule has 1 amide bonds. The first-order chi connectivity index (χ1) is 9.88. The summed E-state index contributed by atoms with van der Waals surface area (Å²) >= 11 is 0. The molecule has 4 heteroatoms. The maximum atomic E-state index is 12.0. The SMILES string of the molecule is C/C(=N\NC(=O)c1ccc(C(C)(C)C)cc1)c1ccco1. The van der Waals surface area contributed by atoms with Crippen LogP contribution in [0.1, 0.15) is 49.4 Å². The van der Waals surface area contributed by atoms with Crippen LogP contribution in [0.25, 0.3) is 0 Å². The molecule has 0 saturated heterocycles. The van der Waals surface area contributed by atoms with E-state index in [-0.39, 0.29) is 11.3 Å². The van der Waals surface area contributed by atoms with Crippen molar-refractivity contribution in [1.82, 2.24) is 5.43 Å². The van der Waals surface area contributed by atoms with Gasteiger partial charge in [0.2, 0.25) is 0 Å². The minimum atomic E-state index is -0.235. The summed E-state index contributed by atoms with van der Waals surface area (Å²) < 4.78 is 5.20. The highest BCUT2D eigenvalue weighted by Gasteiger charge is 2.14. The molecule has 0 aliphatic rings. The Morgan fingerprint density at radius 3 is 2.33 bits per heavy atom. The van der Waals surface area contributed by atoms with E-state index in [2.05, 4.69) is 31.3 Å². The van der Waals surface area contributed by atoms with Gasteiger partial charge in [0.1, 0.15) is 11.5 Å². The summed E-state index contributed by atoms with van der Waals surface area (Å²) in [5.74, 6) is 0.403. The van der Waals surface area contributed by atoms with Crippen molar-refractivity contribution >= 4 is 11.6 Å². The molecule has 2 rings (SSSR count). The van der Waals surface area contributed by atoms with E-state index in [1.165, 1.54) is 5.56 Å². The smallest absolute Gasteiger partial charge is 0.271 e. The zero-order chi connectivity index (χ0) is 15.5. The monoisotopic (exact) mass is 284 g/mol. The van der Waals surface area contributed by atoms with Crippen LogP contribution in [0.15, 0.2) is 52.2 Å². The van der Waals surface area contributed by atoms with E-state index in [4.69, 9.17) is 4.42 Å².